The van der Waals surface area contributed by atoms with E-state index in [1.807, 2.05) is 0 Å². The minimum absolute atomic E-state index is 0.132. The van der Waals surface area contributed by atoms with Gasteiger partial charge in [-0.1, -0.05) is 0 Å². The Labute approximate surface area is 322 Å². The summed E-state index contributed by atoms with van der Waals surface area (Å²) in [6.07, 6.45) is 18.0. The standard InChI is InChI=1S/2C23H25.C2H7Si.2ClH.Zr/c1-16(2)17-10-12-19(13-11-17)22-9-5-8-20-14-21(15-23(20)22)18-6-3-4-7-18;1-2-17-15-21-9-6-10-22(23(21)16-17)20-13-11-19(12-14-20)18-7-4-3-5-8-18;1-3-2;;;/h5,8-16,18H,3-4,6-7H2,1-2H3;6,9-16,18H,2-5,7-8H2,1H3;3H,1-2H3;2*1H;/q;;;;;+2/p-2. The first kappa shape index (κ1) is 37.0. The molecule has 0 radical (unpaired) electrons. The summed E-state index contributed by atoms with van der Waals surface area (Å²) < 4.78 is 0.279. The molecule has 0 amide bonds. The van der Waals surface area contributed by atoms with Crippen LogP contribution in [0.25, 0.3) is 34.4 Å². The van der Waals surface area contributed by atoms with Crippen molar-refractivity contribution in [1.82, 2.24) is 0 Å². The van der Waals surface area contributed by atoms with Gasteiger partial charge in [-0.15, -0.1) is 0 Å². The van der Waals surface area contributed by atoms with Crippen LogP contribution in [0.1, 0.15) is 137 Å². The first-order valence-electron chi connectivity index (χ1n) is 20.6. The average molecular weight is 824 g/mol. The zero-order chi connectivity index (χ0) is 36.2. The van der Waals surface area contributed by atoms with Gasteiger partial charge in [0.1, 0.15) is 0 Å². The summed E-state index contributed by atoms with van der Waals surface area (Å²) in [6, 6.07) is 33.0. The van der Waals surface area contributed by atoms with Crippen LogP contribution in [-0.4, -0.2) is 5.92 Å². The monoisotopic (exact) mass is 821 g/mol. The first-order chi connectivity index (χ1) is 25.1. The Balaban J connectivity index is 1.26. The molecule has 4 aliphatic rings. The van der Waals surface area contributed by atoms with Crippen LogP contribution in [-0.2, 0) is 15.6 Å². The summed E-state index contributed by atoms with van der Waals surface area (Å²) in [5, 5.41) is 0. The summed E-state index contributed by atoms with van der Waals surface area (Å²) in [7, 11) is 17.7. The van der Waals surface area contributed by atoms with Crippen molar-refractivity contribution < 1.29 is 15.6 Å². The number of rotatable bonds is 9. The Bertz CT molecular complexity index is 2010. The van der Waals surface area contributed by atoms with Crippen molar-refractivity contribution in [3.63, 3.8) is 0 Å². The van der Waals surface area contributed by atoms with Crippen LogP contribution in [0.5, 0.6) is 0 Å². The molecule has 271 valence electrons. The topological polar surface area (TPSA) is 0 Å². The Morgan fingerprint density at radius 2 is 1.15 bits per heavy atom. The third-order valence-corrected chi connectivity index (χ3v) is 65.6. The van der Waals surface area contributed by atoms with E-state index in [4.69, 9.17) is 17.0 Å². The maximum atomic E-state index is 8.86. The fraction of sp³-hybridized carbons (Fsp3) is 0.417. The van der Waals surface area contributed by atoms with Crippen molar-refractivity contribution in [3.05, 3.63) is 129 Å². The van der Waals surface area contributed by atoms with Crippen LogP contribution < -0.4 is 0 Å². The molecule has 0 saturated heterocycles. The quantitative estimate of drug-likeness (QED) is 0.148. The number of hydrogen-bond donors (Lipinski definition) is 0. The maximum absolute atomic E-state index is 8.86. The summed E-state index contributed by atoms with van der Waals surface area (Å²) in [5.74, 6) is 0.165. The van der Waals surface area contributed by atoms with Crippen LogP contribution in [0.2, 0.25) is 13.1 Å². The molecule has 2 atom stereocenters. The van der Waals surface area contributed by atoms with Crippen molar-refractivity contribution in [1.29, 1.82) is 0 Å². The van der Waals surface area contributed by atoms with Gasteiger partial charge in [-0.3, -0.25) is 0 Å². The second-order valence-corrected chi connectivity index (χ2v) is 59.8. The van der Waals surface area contributed by atoms with Gasteiger partial charge in [-0.05, 0) is 0 Å². The number of halogens is 2. The van der Waals surface area contributed by atoms with Gasteiger partial charge < -0.3 is 0 Å². The molecule has 4 aromatic carbocycles. The van der Waals surface area contributed by atoms with Gasteiger partial charge in [0.25, 0.3) is 0 Å². The zero-order valence-electron chi connectivity index (χ0n) is 32.0. The van der Waals surface area contributed by atoms with E-state index in [0.717, 1.165) is 12.3 Å². The number of allylic oxidation sites excluding steroid dienone is 2. The minimum atomic E-state index is -4.86. The van der Waals surface area contributed by atoms with E-state index in [-0.39, 0.29) is 7.25 Å². The predicted molar refractivity (Wildman–Crippen MR) is 228 cm³/mol. The molecule has 0 N–H and O–H groups in total. The van der Waals surface area contributed by atoms with Crippen LogP contribution in [0.15, 0.2) is 96.1 Å². The van der Waals surface area contributed by atoms with Crippen molar-refractivity contribution in [3.8, 4) is 22.3 Å². The second kappa shape index (κ2) is 14.6. The van der Waals surface area contributed by atoms with Crippen molar-refractivity contribution in [2.45, 2.75) is 117 Å². The van der Waals surface area contributed by atoms with E-state index in [2.05, 4.69) is 131 Å². The van der Waals surface area contributed by atoms with Gasteiger partial charge in [-0.25, -0.2) is 0 Å². The third kappa shape index (κ3) is 6.19. The van der Waals surface area contributed by atoms with E-state index >= 15 is 0 Å². The number of fused-ring (bicyclic) bond motifs is 2. The molecule has 4 aliphatic carbocycles. The molecule has 0 bridgehead atoms. The van der Waals surface area contributed by atoms with Gasteiger partial charge in [0.15, 0.2) is 0 Å². The van der Waals surface area contributed by atoms with Crippen molar-refractivity contribution in [2.24, 2.45) is 5.92 Å². The molecule has 0 spiro atoms. The molecular weight excluding hydrogens is 767 g/mol. The van der Waals surface area contributed by atoms with Gasteiger partial charge >= 0.3 is 325 Å². The van der Waals surface area contributed by atoms with E-state index in [9.17, 15) is 0 Å². The fourth-order valence-electron chi connectivity index (χ4n) is 10.8. The zero-order valence-corrected chi connectivity index (χ0v) is 37.2. The van der Waals surface area contributed by atoms with Crippen LogP contribution in [0.3, 0.4) is 0 Å². The summed E-state index contributed by atoms with van der Waals surface area (Å²) in [6.45, 7) is 11.9. The predicted octanol–water partition coefficient (Wildman–Crippen LogP) is 15.3. The Morgan fingerprint density at radius 1 is 0.635 bits per heavy atom. The van der Waals surface area contributed by atoms with Gasteiger partial charge in [0, 0.05) is 0 Å². The summed E-state index contributed by atoms with van der Waals surface area (Å²) in [4.78, 5) is 0. The molecule has 2 fully saturated rings. The van der Waals surface area contributed by atoms with Gasteiger partial charge in [-0.2, -0.15) is 0 Å². The van der Waals surface area contributed by atoms with E-state index in [1.165, 1.54) is 119 Å². The molecule has 0 aliphatic heterocycles. The molecule has 4 aromatic rings. The molecule has 0 aromatic heterocycles. The van der Waals surface area contributed by atoms with Gasteiger partial charge in [0.05, 0.1) is 0 Å². The number of benzene rings is 4. The van der Waals surface area contributed by atoms with Crippen LogP contribution in [0.4, 0.5) is 0 Å². The molecule has 0 nitrogen and oxygen atoms in total. The van der Waals surface area contributed by atoms with E-state index < -0.39 is 21.5 Å². The van der Waals surface area contributed by atoms with E-state index in [0.29, 0.717) is 11.8 Å². The summed E-state index contributed by atoms with van der Waals surface area (Å²) >= 11 is -4.86. The van der Waals surface area contributed by atoms with Crippen LogP contribution >= 0.6 is 17.0 Å². The van der Waals surface area contributed by atoms with E-state index in [1.54, 1.807) is 5.57 Å². The summed E-state index contributed by atoms with van der Waals surface area (Å²) in [5.41, 5.74) is 16.8. The third-order valence-electron chi connectivity index (χ3n) is 13.9. The fourth-order valence-corrected chi connectivity index (χ4v) is 42.2. The first-order valence-corrected chi connectivity index (χ1v) is 36.9. The second-order valence-electron chi connectivity index (χ2n) is 17.3. The van der Waals surface area contributed by atoms with Crippen LogP contribution in [0, 0.1) is 5.92 Å². The SMILES string of the molecule is CCC1=Cc2c(-c3ccc(C4CCCCC4)cc3)cccc2[CH]1[Zr]([Cl])([Cl])([CH]1C(C2CCCC2)=Cc2c(-c3ccc(C(C)C)cc3)cccc21)[SiH](C)C. The average Bonchev–Trinajstić information content (AvgIpc) is 3.93. The van der Waals surface area contributed by atoms with Crippen molar-refractivity contribution in [2.75, 3.05) is 0 Å². The number of hydrogen-bond acceptors (Lipinski definition) is 0. The molecular formula is C48H57Cl2SiZr. The molecule has 4 heteroatoms. The molecule has 0 heterocycles. The normalized spacial score (nSPS) is 21.6. The Kier molecular flexibility index (Phi) is 10.4. The molecule has 2 saturated carbocycles. The van der Waals surface area contributed by atoms with Crippen molar-refractivity contribution >= 4 is 35.1 Å². The molecule has 52 heavy (non-hydrogen) atoms. The Morgan fingerprint density at radius 3 is 1.71 bits per heavy atom. The molecule has 8 rings (SSSR count). The Hall–Kier alpha value is -1.96. The van der Waals surface area contributed by atoms with Gasteiger partial charge in [0.2, 0.25) is 0 Å². The molecule has 2 unspecified atom stereocenters.